The van der Waals surface area contributed by atoms with Gasteiger partial charge in [-0.2, -0.15) is 0 Å². The van der Waals surface area contributed by atoms with Gasteiger partial charge in [-0.1, -0.05) is 111 Å². The van der Waals surface area contributed by atoms with Crippen molar-refractivity contribution in [2.45, 2.75) is 76.9 Å². The van der Waals surface area contributed by atoms with E-state index < -0.39 is 0 Å². The molecule has 4 heteroatoms. The van der Waals surface area contributed by atoms with Crippen molar-refractivity contribution in [3.63, 3.8) is 0 Å². The Labute approximate surface area is 357 Å². The van der Waals surface area contributed by atoms with Crippen LogP contribution in [0.3, 0.4) is 0 Å². The summed E-state index contributed by atoms with van der Waals surface area (Å²) in [6, 6.07) is 41.2. The topological polar surface area (TPSA) is 29.0 Å². The lowest BCUT2D eigenvalue weighted by molar-refractivity contribution is -0.982. The van der Waals surface area contributed by atoms with Crippen LogP contribution in [0.1, 0.15) is 80.0 Å². The van der Waals surface area contributed by atoms with Gasteiger partial charge in [-0.3, -0.25) is 14.9 Å². The number of likely N-dealkylation sites (tertiary alicyclic amines) is 1. The molecule has 3 unspecified atom stereocenters. The molecule has 0 amide bonds. The van der Waals surface area contributed by atoms with Gasteiger partial charge in [0.2, 0.25) is 0 Å². The first-order chi connectivity index (χ1) is 29.4. The van der Waals surface area contributed by atoms with Crippen LogP contribution in [-0.4, -0.2) is 51.6 Å². The summed E-state index contributed by atoms with van der Waals surface area (Å²) in [5.41, 5.74) is 8.10. The molecule has 304 valence electrons. The molecule has 7 aromatic rings. The Morgan fingerprint density at radius 2 is 1.25 bits per heavy atom. The lowest BCUT2D eigenvalue weighted by atomic mass is 9.69. The molecule has 11 rings (SSSR count). The maximum atomic E-state index is 4.76. The van der Waals surface area contributed by atoms with E-state index in [0.29, 0.717) is 41.5 Å². The number of fused-ring (bicyclic) bond motifs is 7. The second-order valence-electron chi connectivity index (χ2n) is 18.9. The standard InChI is InChI=1S/C56H61N4/c1-5-40-34-59(31-27-42(40)24-23-38(3)44-25-29-57-54-21-13-11-19-50(44)54)35-52-46-15-7-9-17-48(46)53(49-18-10-8-16-47(49)52)37-60-32-28-43(41(6-2)36-60)33-56(60)39(4)45-26-30-58-55-22-14-12-20-51(45)55/h5-22,25-26,29-30,38-43,56H,1-2,23-24,27-28,31-37H2,3-4H3/q+1/t38-,39-,40+,41+,42?,43?,56?,60-/m1/s1. The van der Waals surface area contributed by atoms with E-state index in [0.717, 1.165) is 41.7 Å². The van der Waals surface area contributed by atoms with Gasteiger partial charge in [0.1, 0.15) is 6.54 Å². The highest BCUT2D eigenvalue weighted by molar-refractivity contribution is 6.05. The minimum absolute atomic E-state index is 0.419. The number of quaternary nitrogens is 1. The van der Waals surface area contributed by atoms with Crippen molar-refractivity contribution < 1.29 is 4.48 Å². The number of pyridine rings is 2. The van der Waals surface area contributed by atoms with E-state index in [4.69, 9.17) is 4.98 Å². The van der Waals surface area contributed by atoms with Crippen LogP contribution in [0.15, 0.2) is 147 Å². The van der Waals surface area contributed by atoms with E-state index in [2.05, 4.69) is 158 Å². The maximum absolute atomic E-state index is 4.76. The number of rotatable bonds is 12. The van der Waals surface area contributed by atoms with Gasteiger partial charge in [-0.05, 0) is 112 Å². The van der Waals surface area contributed by atoms with E-state index in [-0.39, 0.29) is 0 Å². The minimum Gasteiger partial charge on any atom is -0.316 e. The molecular weight excluding hydrogens is 729 g/mol. The van der Waals surface area contributed by atoms with Gasteiger partial charge in [0.05, 0.1) is 30.2 Å². The van der Waals surface area contributed by atoms with Gasteiger partial charge in [0, 0.05) is 66.5 Å². The fourth-order valence-corrected chi connectivity index (χ4v) is 12.6. The van der Waals surface area contributed by atoms with Gasteiger partial charge in [-0.15, -0.1) is 13.2 Å². The van der Waals surface area contributed by atoms with E-state index in [9.17, 15) is 0 Å². The lowest BCUT2D eigenvalue weighted by Crippen LogP contribution is -2.67. The third kappa shape index (κ3) is 6.96. The summed E-state index contributed by atoms with van der Waals surface area (Å²) < 4.78 is 1.13. The SMILES string of the molecule is C=C[C@H]1CN(Cc2c3ccccc3c(C[N@+]34CCC(CC3[C@H](C)c3ccnc5ccccc35)[C@@H](C=C)C4)c3ccccc23)CCC1CC[C@@H](C)c1ccnc2ccccc12. The Kier molecular flexibility index (Phi) is 10.6. The Morgan fingerprint density at radius 3 is 1.88 bits per heavy atom. The summed E-state index contributed by atoms with van der Waals surface area (Å²) >= 11 is 0. The smallest absolute Gasteiger partial charge is 0.106 e. The van der Waals surface area contributed by atoms with Crippen molar-refractivity contribution in [3.8, 4) is 0 Å². The van der Waals surface area contributed by atoms with E-state index >= 15 is 0 Å². The Bertz CT molecular complexity index is 2630. The monoisotopic (exact) mass is 789 g/mol. The third-order valence-corrected chi connectivity index (χ3v) is 15.8. The Hall–Kier alpha value is -5.16. The van der Waals surface area contributed by atoms with Crippen molar-refractivity contribution in [2.24, 2.45) is 23.7 Å². The quantitative estimate of drug-likeness (QED) is 0.0701. The molecule has 4 fully saturated rings. The van der Waals surface area contributed by atoms with Crippen LogP contribution in [-0.2, 0) is 13.1 Å². The highest BCUT2D eigenvalue weighted by Crippen LogP contribution is 2.50. The molecule has 4 aliphatic heterocycles. The van der Waals surface area contributed by atoms with Crippen molar-refractivity contribution in [2.75, 3.05) is 26.2 Å². The van der Waals surface area contributed by atoms with Gasteiger partial charge >= 0.3 is 0 Å². The molecule has 0 saturated carbocycles. The van der Waals surface area contributed by atoms with E-state index in [1.807, 2.05) is 12.4 Å². The number of para-hydroxylation sites is 2. The molecule has 8 atom stereocenters. The molecular formula is C56H61N4+. The normalized spacial score (nSPS) is 25.5. The predicted octanol–water partition coefficient (Wildman–Crippen LogP) is 13.0. The number of nitrogens with zero attached hydrogens (tertiary/aromatic N) is 4. The minimum atomic E-state index is 0.419. The summed E-state index contributed by atoms with van der Waals surface area (Å²) in [6.45, 7) is 20.3. The highest BCUT2D eigenvalue weighted by atomic mass is 15.4. The first kappa shape index (κ1) is 39.0. The number of aromatic nitrogens is 2. The van der Waals surface area contributed by atoms with Crippen LogP contribution < -0.4 is 0 Å². The van der Waals surface area contributed by atoms with Gasteiger partial charge in [0.15, 0.2) is 0 Å². The predicted molar refractivity (Wildman–Crippen MR) is 252 cm³/mol. The largest absolute Gasteiger partial charge is 0.316 e. The van der Waals surface area contributed by atoms with Crippen molar-refractivity contribution in [1.29, 1.82) is 0 Å². The summed E-state index contributed by atoms with van der Waals surface area (Å²) in [4.78, 5) is 12.1. The van der Waals surface area contributed by atoms with Crippen LogP contribution >= 0.6 is 0 Å². The molecule has 4 saturated heterocycles. The summed E-state index contributed by atoms with van der Waals surface area (Å²) in [5, 5.41) is 8.34. The fraction of sp³-hybridized carbons (Fsp3) is 0.357. The van der Waals surface area contributed by atoms with Crippen LogP contribution in [0.25, 0.3) is 43.4 Å². The first-order valence-corrected chi connectivity index (χ1v) is 22.9. The number of piperidine rings is 4. The van der Waals surface area contributed by atoms with E-state index in [1.54, 1.807) is 0 Å². The molecule has 4 aliphatic rings. The average molecular weight is 790 g/mol. The molecule has 0 spiro atoms. The zero-order valence-corrected chi connectivity index (χ0v) is 35.7. The van der Waals surface area contributed by atoms with Crippen molar-refractivity contribution in [3.05, 3.63) is 169 Å². The van der Waals surface area contributed by atoms with Crippen molar-refractivity contribution >= 4 is 43.4 Å². The van der Waals surface area contributed by atoms with E-state index in [1.165, 1.54) is 99.8 Å². The Balaban J connectivity index is 0.942. The summed E-state index contributed by atoms with van der Waals surface area (Å²) in [6.07, 6.45) is 14.7. The van der Waals surface area contributed by atoms with Crippen LogP contribution in [0.5, 0.6) is 0 Å². The molecule has 6 heterocycles. The van der Waals surface area contributed by atoms with Gasteiger partial charge in [-0.25, -0.2) is 0 Å². The summed E-state index contributed by atoms with van der Waals surface area (Å²) in [5.74, 6) is 3.34. The second-order valence-corrected chi connectivity index (χ2v) is 18.9. The van der Waals surface area contributed by atoms with Crippen LogP contribution in [0, 0.1) is 23.7 Å². The second kappa shape index (κ2) is 16.4. The zero-order valence-electron chi connectivity index (χ0n) is 35.7. The molecule has 4 nitrogen and oxygen atoms in total. The number of hydrogen-bond donors (Lipinski definition) is 0. The zero-order chi connectivity index (χ0) is 40.8. The highest BCUT2D eigenvalue weighted by Gasteiger charge is 2.53. The molecule has 60 heavy (non-hydrogen) atoms. The lowest BCUT2D eigenvalue weighted by Gasteiger charge is -2.59. The third-order valence-electron chi connectivity index (χ3n) is 15.8. The first-order valence-electron chi connectivity index (χ1n) is 22.9. The van der Waals surface area contributed by atoms with Crippen LogP contribution in [0.4, 0.5) is 0 Å². The van der Waals surface area contributed by atoms with Gasteiger partial charge < -0.3 is 4.48 Å². The molecule has 2 bridgehead atoms. The fourth-order valence-electron chi connectivity index (χ4n) is 12.6. The van der Waals surface area contributed by atoms with Crippen molar-refractivity contribution in [1.82, 2.24) is 14.9 Å². The van der Waals surface area contributed by atoms with Crippen LogP contribution in [0.2, 0.25) is 0 Å². The molecule has 0 aliphatic carbocycles. The molecule has 0 radical (unpaired) electrons. The maximum Gasteiger partial charge on any atom is 0.106 e. The molecule has 5 aromatic carbocycles. The number of hydrogen-bond acceptors (Lipinski definition) is 3. The van der Waals surface area contributed by atoms with Gasteiger partial charge in [0.25, 0.3) is 0 Å². The Morgan fingerprint density at radius 1 is 0.683 bits per heavy atom. The molecule has 0 N–H and O–H groups in total. The summed E-state index contributed by atoms with van der Waals surface area (Å²) in [7, 11) is 0. The number of benzene rings is 5. The molecule has 2 aromatic heterocycles. The average Bonchev–Trinajstić information content (AvgIpc) is 3.31.